The van der Waals surface area contributed by atoms with Crippen LogP contribution >= 0.6 is 0 Å². The van der Waals surface area contributed by atoms with Crippen molar-refractivity contribution in [1.82, 2.24) is 9.88 Å². The number of nitrogens with two attached hydrogens (primary N) is 1. The minimum atomic E-state index is 0.563. The van der Waals surface area contributed by atoms with Crippen LogP contribution in [0.15, 0.2) is 18.3 Å². The van der Waals surface area contributed by atoms with Gasteiger partial charge in [-0.1, -0.05) is 18.9 Å². The summed E-state index contributed by atoms with van der Waals surface area (Å²) in [6.07, 6.45) is 9.39. The summed E-state index contributed by atoms with van der Waals surface area (Å²) in [7, 11) is 2.20. The van der Waals surface area contributed by atoms with Crippen LogP contribution in [0, 0.1) is 0 Å². The molecule has 2 heterocycles. The lowest BCUT2D eigenvalue weighted by atomic mass is 10.1. The maximum atomic E-state index is 5.48. The normalized spacial score (nSPS) is 19.4. The van der Waals surface area contributed by atoms with E-state index in [9.17, 15) is 0 Å². The Morgan fingerprint density at radius 1 is 1.30 bits per heavy atom. The molecule has 1 saturated heterocycles. The highest BCUT2D eigenvalue weighted by Gasteiger charge is 2.22. The summed E-state index contributed by atoms with van der Waals surface area (Å²) in [5.41, 5.74) is 6.83. The molecular formula is C16H28N4. The molecule has 20 heavy (non-hydrogen) atoms. The molecular weight excluding hydrogens is 248 g/mol. The van der Waals surface area contributed by atoms with E-state index >= 15 is 0 Å². The standard InChI is InChI=1S/C16H28N4/c1-20-12-6-7-15(20)14-8-9-16(19-13-14)18-11-5-3-2-4-10-17/h8-9,13,15H,2-7,10-12,17H2,1H3,(H,18,19). The largest absolute Gasteiger partial charge is 0.370 e. The van der Waals surface area contributed by atoms with Gasteiger partial charge in [0.2, 0.25) is 0 Å². The fourth-order valence-corrected chi connectivity index (χ4v) is 2.88. The third-order valence-corrected chi connectivity index (χ3v) is 4.13. The number of nitrogens with zero attached hydrogens (tertiary/aromatic N) is 2. The molecule has 1 unspecified atom stereocenters. The van der Waals surface area contributed by atoms with Gasteiger partial charge < -0.3 is 11.1 Å². The fourth-order valence-electron chi connectivity index (χ4n) is 2.88. The lowest BCUT2D eigenvalue weighted by molar-refractivity contribution is 0.317. The van der Waals surface area contributed by atoms with Crippen molar-refractivity contribution in [2.45, 2.75) is 44.6 Å². The van der Waals surface area contributed by atoms with E-state index in [4.69, 9.17) is 5.73 Å². The van der Waals surface area contributed by atoms with Crippen molar-refractivity contribution in [3.63, 3.8) is 0 Å². The molecule has 4 nitrogen and oxygen atoms in total. The summed E-state index contributed by atoms with van der Waals surface area (Å²) in [5.74, 6) is 0.994. The van der Waals surface area contributed by atoms with E-state index in [-0.39, 0.29) is 0 Å². The molecule has 0 amide bonds. The fraction of sp³-hybridized carbons (Fsp3) is 0.688. The molecule has 0 aliphatic carbocycles. The smallest absolute Gasteiger partial charge is 0.125 e. The maximum Gasteiger partial charge on any atom is 0.125 e. The van der Waals surface area contributed by atoms with Gasteiger partial charge in [0.1, 0.15) is 5.82 Å². The topological polar surface area (TPSA) is 54.2 Å². The van der Waals surface area contributed by atoms with Gasteiger partial charge in [0.25, 0.3) is 0 Å². The number of nitrogens with one attached hydrogen (secondary N) is 1. The number of rotatable bonds is 8. The van der Waals surface area contributed by atoms with Gasteiger partial charge in [-0.15, -0.1) is 0 Å². The van der Waals surface area contributed by atoms with Gasteiger partial charge in [-0.3, -0.25) is 4.90 Å². The number of hydrogen-bond acceptors (Lipinski definition) is 4. The van der Waals surface area contributed by atoms with Gasteiger partial charge in [-0.05, 0) is 57.5 Å². The molecule has 1 fully saturated rings. The molecule has 0 spiro atoms. The van der Waals surface area contributed by atoms with Gasteiger partial charge in [-0.2, -0.15) is 0 Å². The lowest BCUT2D eigenvalue weighted by Gasteiger charge is -2.19. The van der Waals surface area contributed by atoms with Crippen molar-refractivity contribution >= 4 is 5.82 Å². The Kier molecular flexibility index (Phi) is 6.27. The first-order valence-corrected chi connectivity index (χ1v) is 7.91. The Balaban J connectivity index is 1.71. The zero-order valence-corrected chi connectivity index (χ0v) is 12.6. The molecule has 0 bridgehead atoms. The van der Waals surface area contributed by atoms with E-state index in [0.29, 0.717) is 6.04 Å². The minimum absolute atomic E-state index is 0.563. The van der Waals surface area contributed by atoms with Crippen LogP contribution in [0.4, 0.5) is 5.82 Å². The van der Waals surface area contributed by atoms with Gasteiger partial charge in [0.05, 0.1) is 0 Å². The van der Waals surface area contributed by atoms with E-state index < -0.39 is 0 Å². The van der Waals surface area contributed by atoms with Gasteiger partial charge in [-0.25, -0.2) is 4.98 Å². The average Bonchev–Trinajstić information content (AvgIpc) is 2.90. The number of hydrogen-bond donors (Lipinski definition) is 2. The van der Waals surface area contributed by atoms with Gasteiger partial charge in [0, 0.05) is 18.8 Å². The Bertz CT molecular complexity index is 377. The van der Waals surface area contributed by atoms with Crippen molar-refractivity contribution in [3.8, 4) is 0 Å². The summed E-state index contributed by atoms with van der Waals surface area (Å²) in [5, 5.41) is 3.39. The quantitative estimate of drug-likeness (QED) is 0.717. The second-order valence-electron chi connectivity index (χ2n) is 5.75. The Morgan fingerprint density at radius 2 is 2.15 bits per heavy atom. The first-order valence-electron chi connectivity index (χ1n) is 7.91. The van der Waals surface area contributed by atoms with E-state index in [2.05, 4.69) is 34.4 Å². The van der Waals surface area contributed by atoms with E-state index in [1.54, 1.807) is 0 Å². The molecule has 1 aromatic rings. The van der Waals surface area contributed by atoms with Crippen molar-refractivity contribution in [1.29, 1.82) is 0 Å². The third kappa shape index (κ3) is 4.46. The molecule has 4 heteroatoms. The first kappa shape index (κ1) is 15.3. The molecule has 1 aromatic heterocycles. The number of unbranched alkanes of at least 4 members (excludes halogenated alkanes) is 3. The van der Waals surface area contributed by atoms with Crippen LogP contribution in [0.2, 0.25) is 0 Å². The number of aromatic nitrogens is 1. The highest BCUT2D eigenvalue weighted by Crippen LogP contribution is 2.29. The second kappa shape index (κ2) is 8.22. The predicted octanol–water partition coefficient (Wildman–Crippen LogP) is 2.78. The molecule has 0 aromatic carbocycles. The van der Waals surface area contributed by atoms with Crippen LogP contribution in [-0.2, 0) is 0 Å². The predicted molar refractivity (Wildman–Crippen MR) is 84.9 cm³/mol. The molecule has 2 rings (SSSR count). The molecule has 0 saturated carbocycles. The van der Waals surface area contributed by atoms with Crippen molar-refractivity contribution in [2.75, 3.05) is 32.0 Å². The minimum Gasteiger partial charge on any atom is -0.370 e. The Labute approximate surface area is 122 Å². The molecule has 112 valence electrons. The summed E-state index contributed by atoms with van der Waals surface area (Å²) < 4.78 is 0. The van der Waals surface area contributed by atoms with E-state index in [0.717, 1.165) is 25.3 Å². The monoisotopic (exact) mass is 276 g/mol. The lowest BCUT2D eigenvalue weighted by Crippen LogP contribution is -2.17. The van der Waals surface area contributed by atoms with Crippen LogP contribution in [-0.4, -0.2) is 36.6 Å². The number of pyridine rings is 1. The van der Waals surface area contributed by atoms with Crippen molar-refractivity contribution in [3.05, 3.63) is 23.9 Å². The van der Waals surface area contributed by atoms with E-state index in [1.165, 1.54) is 44.2 Å². The number of anilines is 1. The summed E-state index contributed by atoms with van der Waals surface area (Å²) in [6, 6.07) is 4.89. The highest BCUT2D eigenvalue weighted by atomic mass is 15.1. The summed E-state index contributed by atoms with van der Waals surface area (Å²) in [4.78, 5) is 6.95. The third-order valence-electron chi connectivity index (χ3n) is 4.13. The van der Waals surface area contributed by atoms with Crippen LogP contribution < -0.4 is 11.1 Å². The molecule has 1 aliphatic rings. The molecule has 1 aliphatic heterocycles. The van der Waals surface area contributed by atoms with Crippen LogP contribution in [0.1, 0.15) is 50.1 Å². The molecule has 3 N–H and O–H groups in total. The van der Waals surface area contributed by atoms with Crippen molar-refractivity contribution < 1.29 is 0 Å². The zero-order chi connectivity index (χ0) is 14.2. The highest BCUT2D eigenvalue weighted by molar-refractivity contribution is 5.36. The molecule has 1 atom stereocenters. The Hall–Kier alpha value is -1.13. The maximum absolute atomic E-state index is 5.48. The van der Waals surface area contributed by atoms with Crippen LogP contribution in [0.3, 0.4) is 0 Å². The summed E-state index contributed by atoms with van der Waals surface area (Å²) in [6.45, 7) is 3.01. The Morgan fingerprint density at radius 3 is 2.80 bits per heavy atom. The van der Waals surface area contributed by atoms with Crippen LogP contribution in [0.5, 0.6) is 0 Å². The summed E-state index contributed by atoms with van der Waals surface area (Å²) >= 11 is 0. The molecule has 0 radical (unpaired) electrons. The van der Waals surface area contributed by atoms with Gasteiger partial charge in [0.15, 0.2) is 0 Å². The van der Waals surface area contributed by atoms with Crippen molar-refractivity contribution in [2.24, 2.45) is 5.73 Å². The van der Waals surface area contributed by atoms with Crippen LogP contribution in [0.25, 0.3) is 0 Å². The van der Waals surface area contributed by atoms with E-state index in [1.807, 2.05) is 6.20 Å². The second-order valence-corrected chi connectivity index (χ2v) is 5.75. The average molecular weight is 276 g/mol. The van der Waals surface area contributed by atoms with Gasteiger partial charge >= 0.3 is 0 Å². The SMILES string of the molecule is CN1CCCC1c1ccc(NCCCCCCN)nc1. The number of likely N-dealkylation sites (tertiary alicyclic amines) is 1. The first-order chi connectivity index (χ1) is 9.81. The zero-order valence-electron chi connectivity index (χ0n) is 12.6.